The van der Waals surface area contributed by atoms with E-state index in [1.165, 1.54) is 13.2 Å². The summed E-state index contributed by atoms with van der Waals surface area (Å²) in [6.45, 7) is -0.929. The van der Waals surface area contributed by atoms with Gasteiger partial charge in [-0.15, -0.1) is 0 Å². The van der Waals surface area contributed by atoms with Gasteiger partial charge in [-0.3, -0.25) is 0 Å². The number of benzene rings is 1. The molecule has 1 aromatic carbocycles. The first-order valence-corrected chi connectivity index (χ1v) is 4.98. The summed E-state index contributed by atoms with van der Waals surface area (Å²) in [5, 5.41) is 2.11. The monoisotopic (exact) mass is 243 g/mol. The molecule has 0 bridgehead atoms. The topological polar surface area (TPSA) is 47.6 Å². The summed E-state index contributed by atoms with van der Waals surface area (Å²) in [5.41, 5.74) is 0.233. The van der Waals surface area contributed by atoms with Crippen LogP contribution in [-0.4, -0.2) is 25.7 Å². The number of carbonyl (C=O) groups excluding carboxylic acids is 1. The van der Waals surface area contributed by atoms with E-state index in [-0.39, 0.29) is 5.56 Å². The van der Waals surface area contributed by atoms with Gasteiger partial charge < -0.3 is 14.8 Å². The number of alkyl halides is 2. The number of cyclic esters (lactones) is 1. The summed E-state index contributed by atoms with van der Waals surface area (Å²) in [7, 11) is 1.39. The SMILES string of the molecule is COc1ccccc1[C@@H]1NC(=O)OCC1(F)F. The van der Waals surface area contributed by atoms with Crippen LogP contribution in [0.2, 0.25) is 0 Å². The molecule has 1 aliphatic rings. The fraction of sp³-hybridized carbons (Fsp3) is 0.364. The largest absolute Gasteiger partial charge is 0.496 e. The van der Waals surface area contributed by atoms with Gasteiger partial charge in [0.15, 0.2) is 6.61 Å². The average Bonchev–Trinajstić information content (AvgIpc) is 2.32. The molecule has 4 nitrogen and oxygen atoms in total. The molecule has 0 aromatic heterocycles. The Hall–Kier alpha value is -1.85. The molecule has 1 aromatic rings. The molecule has 1 N–H and O–H groups in total. The highest BCUT2D eigenvalue weighted by molar-refractivity contribution is 5.69. The van der Waals surface area contributed by atoms with Crippen LogP contribution < -0.4 is 10.1 Å². The molecule has 1 saturated heterocycles. The minimum Gasteiger partial charge on any atom is -0.496 e. The van der Waals surface area contributed by atoms with Gasteiger partial charge >= 0.3 is 12.0 Å². The van der Waals surface area contributed by atoms with E-state index in [1.54, 1.807) is 18.2 Å². The van der Waals surface area contributed by atoms with Crippen molar-refractivity contribution in [2.24, 2.45) is 0 Å². The highest BCUT2D eigenvalue weighted by Crippen LogP contribution is 2.38. The molecule has 1 heterocycles. The number of hydrogen-bond donors (Lipinski definition) is 1. The van der Waals surface area contributed by atoms with Crippen LogP contribution in [0.15, 0.2) is 24.3 Å². The van der Waals surface area contributed by atoms with Crippen LogP contribution in [0.1, 0.15) is 11.6 Å². The van der Waals surface area contributed by atoms with Crippen molar-refractivity contribution in [2.75, 3.05) is 13.7 Å². The van der Waals surface area contributed by atoms with Crippen LogP contribution >= 0.6 is 0 Å². The summed E-state index contributed by atoms with van der Waals surface area (Å²) in [5.74, 6) is -2.86. The maximum atomic E-state index is 13.6. The highest BCUT2D eigenvalue weighted by Gasteiger charge is 2.47. The van der Waals surface area contributed by atoms with Crippen LogP contribution in [0.5, 0.6) is 5.75 Å². The molecule has 0 unspecified atom stereocenters. The van der Waals surface area contributed by atoms with Crippen LogP contribution in [0.3, 0.4) is 0 Å². The van der Waals surface area contributed by atoms with E-state index in [1.807, 2.05) is 0 Å². The normalized spacial score (nSPS) is 22.5. The van der Waals surface area contributed by atoms with E-state index in [9.17, 15) is 13.6 Å². The van der Waals surface area contributed by atoms with Crippen molar-refractivity contribution < 1.29 is 23.0 Å². The number of hydrogen-bond acceptors (Lipinski definition) is 3. The Morgan fingerprint density at radius 1 is 1.47 bits per heavy atom. The molecule has 0 radical (unpaired) electrons. The molecule has 92 valence electrons. The zero-order chi connectivity index (χ0) is 12.5. The first kappa shape index (κ1) is 11.6. The van der Waals surface area contributed by atoms with Crippen LogP contribution in [0, 0.1) is 0 Å². The van der Waals surface area contributed by atoms with Gasteiger partial charge in [0.1, 0.15) is 11.8 Å². The molecule has 1 fully saturated rings. The molecule has 0 aliphatic carbocycles. The fourth-order valence-electron chi connectivity index (χ4n) is 1.72. The second kappa shape index (κ2) is 4.20. The van der Waals surface area contributed by atoms with Crippen LogP contribution in [0.4, 0.5) is 13.6 Å². The number of ether oxygens (including phenoxy) is 2. The van der Waals surface area contributed by atoms with Crippen LogP contribution in [-0.2, 0) is 4.74 Å². The van der Waals surface area contributed by atoms with E-state index in [0.717, 1.165) is 0 Å². The Kier molecular flexibility index (Phi) is 2.87. The molecule has 0 spiro atoms. The number of para-hydroxylation sites is 1. The summed E-state index contributed by atoms with van der Waals surface area (Å²) in [4.78, 5) is 11.0. The van der Waals surface area contributed by atoms with Crippen molar-refractivity contribution in [1.29, 1.82) is 0 Å². The Morgan fingerprint density at radius 2 is 2.18 bits per heavy atom. The number of alkyl carbamates (subject to hydrolysis) is 1. The van der Waals surface area contributed by atoms with Crippen molar-refractivity contribution in [3.05, 3.63) is 29.8 Å². The minimum absolute atomic E-state index is 0.233. The lowest BCUT2D eigenvalue weighted by molar-refractivity contribution is -0.104. The quantitative estimate of drug-likeness (QED) is 0.865. The predicted octanol–water partition coefficient (Wildman–Crippen LogP) is 2.11. The molecule has 1 atom stereocenters. The fourth-order valence-corrected chi connectivity index (χ4v) is 1.72. The summed E-state index contributed by atoms with van der Waals surface area (Å²) < 4.78 is 36.6. The summed E-state index contributed by atoms with van der Waals surface area (Å²) in [6.07, 6.45) is -0.855. The lowest BCUT2D eigenvalue weighted by Crippen LogP contribution is -2.49. The number of methoxy groups -OCH3 is 1. The Morgan fingerprint density at radius 3 is 2.88 bits per heavy atom. The Bertz CT molecular complexity index is 436. The zero-order valence-electron chi connectivity index (χ0n) is 9.07. The van der Waals surface area contributed by atoms with Gasteiger partial charge in [-0.1, -0.05) is 18.2 Å². The van der Waals surface area contributed by atoms with E-state index in [4.69, 9.17) is 4.74 Å². The van der Waals surface area contributed by atoms with Gasteiger partial charge in [-0.2, -0.15) is 0 Å². The maximum absolute atomic E-state index is 13.6. The van der Waals surface area contributed by atoms with Gasteiger partial charge in [0.25, 0.3) is 0 Å². The first-order chi connectivity index (χ1) is 8.04. The minimum atomic E-state index is -3.16. The number of carbonyl (C=O) groups is 1. The third kappa shape index (κ3) is 2.15. The molecule has 0 saturated carbocycles. The molecule has 17 heavy (non-hydrogen) atoms. The van der Waals surface area contributed by atoms with Gasteiger partial charge in [-0.25, -0.2) is 13.6 Å². The third-order valence-electron chi connectivity index (χ3n) is 2.53. The smallest absolute Gasteiger partial charge is 0.408 e. The first-order valence-electron chi connectivity index (χ1n) is 4.98. The molecule has 2 rings (SSSR count). The lowest BCUT2D eigenvalue weighted by Gasteiger charge is -2.32. The standard InChI is InChI=1S/C11H11F2NO3/c1-16-8-5-3-2-4-7(8)9-11(12,13)6-17-10(15)14-9/h2-5,9H,6H2,1H3,(H,14,15)/t9-/m0/s1. The number of halogens is 2. The molecular formula is C11H11F2NO3. The Labute approximate surface area is 96.5 Å². The zero-order valence-corrected chi connectivity index (χ0v) is 9.07. The van der Waals surface area contributed by atoms with E-state index >= 15 is 0 Å². The van der Waals surface area contributed by atoms with E-state index in [0.29, 0.717) is 5.75 Å². The average molecular weight is 243 g/mol. The van der Waals surface area contributed by atoms with Gasteiger partial charge in [0.2, 0.25) is 0 Å². The number of nitrogens with one attached hydrogen (secondary N) is 1. The number of rotatable bonds is 2. The lowest BCUT2D eigenvalue weighted by atomic mass is 9.99. The van der Waals surface area contributed by atoms with Gasteiger partial charge in [0, 0.05) is 5.56 Å². The third-order valence-corrected chi connectivity index (χ3v) is 2.53. The number of amides is 1. The molecule has 1 aliphatic heterocycles. The summed E-state index contributed by atoms with van der Waals surface area (Å²) >= 11 is 0. The second-order valence-corrected chi connectivity index (χ2v) is 3.66. The molecule has 1 amide bonds. The van der Waals surface area contributed by atoms with Crippen molar-refractivity contribution in [1.82, 2.24) is 5.32 Å². The predicted molar refractivity (Wildman–Crippen MR) is 55.2 cm³/mol. The van der Waals surface area contributed by atoms with Crippen molar-refractivity contribution in [3.8, 4) is 5.75 Å². The van der Waals surface area contributed by atoms with E-state index < -0.39 is 24.7 Å². The summed E-state index contributed by atoms with van der Waals surface area (Å²) in [6, 6.07) is 4.90. The molecule has 6 heteroatoms. The van der Waals surface area contributed by atoms with Crippen molar-refractivity contribution in [2.45, 2.75) is 12.0 Å². The van der Waals surface area contributed by atoms with Gasteiger partial charge in [0.05, 0.1) is 7.11 Å². The molecular weight excluding hydrogens is 232 g/mol. The van der Waals surface area contributed by atoms with Crippen molar-refractivity contribution in [3.63, 3.8) is 0 Å². The van der Waals surface area contributed by atoms with Crippen molar-refractivity contribution >= 4 is 6.09 Å². The highest BCUT2D eigenvalue weighted by atomic mass is 19.3. The Balaban J connectivity index is 2.39. The van der Waals surface area contributed by atoms with Crippen LogP contribution in [0.25, 0.3) is 0 Å². The van der Waals surface area contributed by atoms with E-state index in [2.05, 4.69) is 10.1 Å². The van der Waals surface area contributed by atoms with Gasteiger partial charge in [-0.05, 0) is 6.07 Å². The maximum Gasteiger partial charge on any atom is 0.408 e. The second-order valence-electron chi connectivity index (χ2n) is 3.66.